The summed E-state index contributed by atoms with van der Waals surface area (Å²) in [5.41, 5.74) is 0.572. The topological polar surface area (TPSA) is 24.7 Å². The van der Waals surface area contributed by atoms with Gasteiger partial charge < -0.3 is 10.0 Å². The lowest BCUT2D eigenvalue weighted by atomic mass is 9.75. The largest absolute Gasteiger partial charge is 0.387 e. The molecule has 2 N–H and O–H groups in total. The number of hydrogen-bond donors (Lipinski definition) is 2. The van der Waals surface area contributed by atoms with E-state index in [0.29, 0.717) is 11.3 Å². The van der Waals surface area contributed by atoms with E-state index < -0.39 is 0 Å². The third kappa shape index (κ3) is 3.46. The molecular formula is C13H28NO+. The Bertz CT molecular complexity index is 190. The summed E-state index contributed by atoms with van der Waals surface area (Å²) in [6.45, 7) is 15.8. The molecule has 0 aromatic heterocycles. The molecule has 1 saturated heterocycles. The molecule has 0 aliphatic carbocycles. The van der Waals surface area contributed by atoms with Gasteiger partial charge in [-0.3, -0.25) is 0 Å². The van der Waals surface area contributed by atoms with Crippen LogP contribution < -0.4 is 4.90 Å². The van der Waals surface area contributed by atoms with Gasteiger partial charge in [-0.1, -0.05) is 20.8 Å². The maximum atomic E-state index is 9.96. The number of aliphatic hydroxyl groups is 1. The molecule has 0 saturated carbocycles. The zero-order chi connectivity index (χ0) is 11.9. The van der Waals surface area contributed by atoms with Gasteiger partial charge in [-0.2, -0.15) is 0 Å². The molecule has 0 spiro atoms. The van der Waals surface area contributed by atoms with Gasteiger partial charge in [0, 0.05) is 5.92 Å². The summed E-state index contributed by atoms with van der Waals surface area (Å²) in [6, 6.07) is 0. The standard InChI is InChI=1S/C13H27NO/c1-12(2,3)10-7-11(15)9-14(8-10)13(4,5)6/h10-11,15H,7-9H2,1-6H3/p+1/t10-,11-/m0/s1. The van der Waals surface area contributed by atoms with Crippen LogP contribution in [-0.4, -0.2) is 29.8 Å². The molecule has 1 heterocycles. The summed E-state index contributed by atoms with van der Waals surface area (Å²) < 4.78 is 0. The van der Waals surface area contributed by atoms with Gasteiger partial charge in [0.1, 0.15) is 12.6 Å². The van der Waals surface area contributed by atoms with Gasteiger partial charge in [0.15, 0.2) is 0 Å². The van der Waals surface area contributed by atoms with E-state index in [1.165, 1.54) is 6.54 Å². The van der Waals surface area contributed by atoms with E-state index in [0.717, 1.165) is 13.0 Å². The van der Waals surface area contributed by atoms with Gasteiger partial charge in [-0.15, -0.1) is 0 Å². The first-order chi connectivity index (χ1) is 6.60. The lowest BCUT2D eigenvalue weighted by Gasteiger charge is -2.44. The van der Waals surface area contributed by atoms with Gasteiger partial charge in [0.2, 0.25) is 0 Å². The minimum Gasteiger partial charge on any atom is -0.387 e. The third-order valence-electron chi connectivity index (χ3n) is 3.82. The Kier molecular flexibility index (Phi) is 3.52. The van der Waals surface area contributed by atoms with Crippen LogP contribution in [0.15, 0.2) is 0 Å². The first-order valence-corrected chi connectivity index (χ1v) is 6.14. The maximum absolute atomic E-state index is 9.96. The fourth-order valence-corrected chi connectivity index (χ4v) is 2.43. The summed E-state index contributed by atoms with van der Waals surface area (Å²) in [5, 5.41) is 9.96. The monoisotopic (exact) mass is 214 g/mol. The number of quaternary nitrogens is 1. The molecule has 2 nitrogen and oxygen atoms in total. The summed E-state index contributed by atoms with van der Waals surface area (Å²) in [7, 11) is 0. The molecule has 0 bridgehead atoms. The second-order valence-corrected chi connectivity index (χ2v) is 7.21. The van der Waals surface area contributed by atoms with Crippen molar-refractivity contribution in [2.24, 2.45) is 11.3 Å². The molecule has 1 unspecified atom stereocenters. The molecule has 0 amide bonds. The smallest absolute Gasteiger partial charge is 0.104 e. The van der Waals surface area contributed by atoms with Crippen molar-refractivity contribution < 1.29 is 10.0 Å². The second kappa shape index (κ2) is 4.06. The molecule has 1 aliphatic heterocycles. The van der Waals surface area contributed by atoms with Crippen molar-refractivity contribution in [1.82, 2.24) is 0 Å². The van der Waals surface area contributed by atoms with E-state index in [1.807, 2.05) is 0 Å². The van der Waals surface area contributed by atoms with Crippen LogP contribution in [0.5, 0.6) is 0 Å². The van der Waals surface area contributed by atoms with E-state index in [9.17, 15) is 5.11 Å². The molecule has 1 fully saturated rings. The maximum Gasteiger partial charge on any atom is 0.104 e. The molecule has 90 valence electrons. The van der Waals surface area contributed by atoms with Crippen molar-refractivity contribution in [2.75, 3.05) is 13.1 Å². The highest BCUT2D eigenvalue weighted by Crippen LogP contribution is 2.30. The molecule has 1 rings (SSSR count). The number of nitrogens with one attached hydrogen (secondary N) is 1. The lowest BCUT2D eigenvalue weighted by molar-refractivity contribution is -0.958. The Labute approximate surface area is 94.7 Å². The Morgan fingerprint density at radius 2 is 1.53 bits per heavy atom. The number of piperidine rings is 1. The van der Waals surface area contributed by atoms with Crippen molar-refractivity contribution >= 4 is 0 Å². The Hall–Kier alpha value is -0.0800. The minimum absolute atomic E-state index is 0.114. The van der Waals surface area contributed by atoms with E-state index in [1.54, 1.807) is 4.90 Å². The predicted molar refractivity (Wildman–Crippen MR) is 64.0 cm³/mol. The summed E-state index contributed by atoms with van der Waals surface area (Å²) in [5.74, 6) is 0.635. The highest BCUT2D eigenvalue weighted by atomic mass is 16.3. The minimum atomic E-state index is -0.114. The van der Waals surface area contributed by atoms with Crippen molar-refractivity contribution in [1.29, 1.82) is 0 Å². The van der Waals surface area contributed by atoms with E-state index in [-0.39, 0.29) is 11.6 Å². The fourth-order valence-electron chi connectivity index (χ4n) is 2.43. The van der Waals surface area contributed by atoms with Crippen LogP contribution in [0, 0.1) is 11.3 Å². The van der Waals surface area contributed by atoms with Gasteiger partial charge in [0.05, 0.1) is 12.1 Å². The highest BCUT2D eigenvalue weighted by Gasteiger charge is 2.40. The number of hydrogen-bond acceptors (Lipinski definition) is 1. The van der Waals surface area contributed by atoms with Crippen LogP contribution in [0.2, 0.25) is 0 Å². The van der Waals surface area contributed by atoms with E-state index in [4.69, 9.17) is 0 Å². The Morgan fingerprint density at radius 3 is 1.93 bits per heavy atom. The normalized spacial score (nSPS) is 34.2. The molecule has 1 aliphatic rings. The van der Waals surface area contributed by atoms with Crippen molar-refractivity contribution in [3.8, 4) is 0 Å². The van der Waals surface area contributed by atoms with E-state index in [2.05, 4.69) is 41.5 Å². The summed E-state index contributed by atoms with van der Waals surface area (Å²) in [4.78, 5) is 1.54. The van der Waals surface area contributed by atoms with Crippen LogP contribution in [-0.2, 0) is 0 Å². The Balaban J connectivity index is 2.73. The fraction of sp³-hybridized carbons (Fsp3) is 1.00. The van der Waals surface area contributed by atoms with Crippen LogP contribution in [0.1, 0.15) is 48.0 Å². The van der Waals surface area contributed by atoms with Crippen molar-refractivity contribution in [3.63, 3.8) is 0 Å². The van der Waals surface area contributed by atoms with Crippen LogP contribution in [0.4, 0.5) is 0 Å². The van der Waals surface area contributed by atoms with Gasteiger partial charge in [-0.05, 0) is 32.6 Å². The summed E-state index contributed by atoms with van der Waals surface area (Å²) >= 11 is 0. The molecule has 0 radical (unpaired) electrons. The quantitative estimate of drug-likeness (QED) is 0.620. The predicted octanol–water partition coefficient (Wildman–Crippen LogP) is 1.10. The van der Waals surface area contributed by atoms with Crippen LogP contribution in [0.3, 0.4) is 0 Å². The SMILES string of the molecule is CC(C)(C)[C@H]1C[C@H](O)C[NH+](C(C)(C)C)C1. The van der Waals surface area contributed by atoms with Gasteiger partial charge in [0.25, 0.3) is 0 Å². The first kappa shape index (κ1) is 13.0. The van der Waals surface area contributed by atoms with E-state index >= 15 is 0 Å². The lowest BCUT2D eigenvalue weighted by Crippen LogP contribution is -3.21. The van der Waals surface area contributed by atoms with Crippen LogP contribution >= 0.6 is 0 Å². The van der Waals surface area contributed by atoms with Gasteiger partial charge in [-0.25, -0.2) is 0 Å². The molecule has 0 aromatic rings. The molecule has 15 heavy (non-hydrogen) atoms. The average molecular weight is 214 g/mol. The zero-order valence-corrected chi connectivity index (χ0v) is 11.2. The van der Waals surface area contributed by atoms with Gasteiger partial charge >= 0.3 is 0 Å². The highest BCUT2D eigenvalue weighted by molar-refractivity contribution is 4.80. The van der Waals surface area contributed by atoms with Crippen molar-refractivity contribution in [3.05, 3.63) is 0 Å². The molecular weight excluding hydrogens is 186 g/mol. The molecule has 2 heteroatoms. The summed E-state index contributed by atoms with van der Waals surface area (Å²) in [6.07, 6.45) is 0.862. The average Bonchev–Trinajstić information content (AvgIpc) is 1.99. The molecule has 3 atom stereocenters. The number of likely N-dealkylation sites (tertiary alicyclic amines) is 1. The molecule has 0 aromatic carbocycles. The first-order valence-electron chi connectivity index (χ1n) is 6.14. The number of aliphatic hydroxyl groups excluding tert-OH is 1. The Morgan fingerprint density at radius 1 is 1.00 bits per heavy atom. The second-order valence-electron chi connectivity index (χ2n) is 7.21. The number of rotatable bonds is 0. The third-order valence-corrected chi connectivity index (χ3v) is 3.82. The van der Waals surface area contributed by atoms with Crippen molar-refractivity contribution in [2.45, 2.75) is 59.6 Å². The zero-order valence-electron chi connectivity index (χ0n) is 11.2. The van der Waals surface area contributed by atoms with Crippen LogP contribution in [0.25, 0.3) is 0 Å².